The second-order valence-corrected chi connectivity index (χ2v) is 5.87. The molecule has 0 aliphatic rings. The zero-order valence-corrected chi connectivity index (χ0v) is 12.5. The first kappa shape index (κ1) is 14.9. The first-order valence-corrected chi connectivity index (χ1v) is 7.82. The van der Waals surface area contributed by atoms with Crippen molar-refractivity contribution in [2.24, 2.45) is 0 Å². The van der Waals surface area contributed by atoms with Crippen molar-refractivity contribution in [2.45, 2.75) is 6.36 Å². The van der Waals surface area contributed by atoms with E-state index in [0.29, 0.717) is 21.3 Å². The van der Waals surface area contributed by atoms with Crippen LogP contribution in [0.2, 0.25) is 10.0 Å². The molecule has 2 unspecified atom stereocenters. The lowest BCUT2D eigenvalue weighted by molar-refractivity contribution is 0.0634. The zero-order valence-electron chi connectivity index (χ0n) is 9.14. The normalized spacial score (nSPS) is 14.3. The molecule has 0 saturated heterocycles. The summed E-state index contributed by atoms with van der Waals surface area (Å²) >= 11 is 12.7. The van der Waals surface area contributed by atoms with E-state index in [9.17, 15) is 8.96 Å². The van der Waals surface area contributed by atoms with Gasteiger partial charge in [0.15, 0.2) is 5.01 Å². The molecule has 0 fully saturated rings. The summed E-state index contributed by atoms with van der Waals surface area (Å²) in [4.78, 5) is 12.5. The van der Waals surface area contributed by atoms with E-state index in [0.717, 1.165) is 11.3 Å². The van der Waals surface area contributed by atoms with Crippen LogP contribution in [-0.2, 0) is 9.09 Å². The minimum atomic E-state index is -3.34. The van der Waals surface area contributed by atoms with E-state index in [-0.39, 0.29) is 5.01 Å². The minimum Gasteiger partial charge on any atom is -0.326 e. The molecule has 0 radical (unpaired) electrons. The van der Waals surface area contributed by atoms with Gasteiger partial charge in [-0.3, -0.25) is 9.09 Å². The Hall–Kier alpha value is -0.490. The molecule has 9 heteroatoms. The lowest BCUT2D eigenvalue weighted by atomic mass is 10.2. The van der Waals surface area contributed by atoms with E-state index >= 15 is 0 Å². The fourth-order valence-electron chi connectivity index (χ4n) is 1.32. The van der Waals surface area contributed by atoms with Crippen molar-refractivity contribution in [3.05, 3.63) is 38.6 Å². The van der Waals surface area contributed by atoms with Gasteiger partial charge in [-0.1, -0.05) is 29.3 Å². The van der Waals surface area contributed by atoms with Crippen molar-refractivity contribution in [3.63, 3.8) is 0 Å². The highest BCUT2D eigenvalue weighted by Crippen LogP contribution is 2.34. The van der Waals surface area contributed by atoms with Gasteiger partial charge in [0, 0.05) is 10.9 Å². The van der Waals surface area contributed by atoms with Gasteiger partial charge in [0.1, 0.15) is 0 Å². The summed E-state index contributed by atoms with van der Waals surface area (Å²) in [6.45, 7) is 0. The zero-order chi connectivity index (χ0) is 14.0. The molecule has 0 saturated carbocycles. The molecule has 102 valence electrons. The van der Waals surface area contributed by atoms with Gasteiger partial charge in [-0.15, -0.1) is 11.3 Å². The van der Waals surface area contributed by atoms with Gasteiger partial charge in [0.2, 0.25) is 0 Å². The number of rotatable bonds is 4. The van der Waals surface area contributed by atoms with Crippen LogP contribution < -0.4 is 0 Å². The van der Waals surface area contributed by atoms with Crippen molar-refractivity contribution < 1.29 is 18.4 Å². The molecule has 19 heavy (non-hydrogen) atoms. The van der Waals surface area contributed by atoms with E-state index in [1.165, 1.54) is 0 Å². The van der Waals surface area contributed by atoms with Crippen LogP contribution in [0, 0.1) is 0 Å². The summed E-state index contributed by atoms with van der Waals surface area (Å²) in [5.74, 6) is 0. The minimum absolute atomic E-state index is 0.0338. The third-order valence-electron chi connectivity index (χ3n) is 2.14. The molecule has 2 aromatic rings. The van der Waals surface area contributed by atoms with Crippen LogP contribution in [0.25, 0.3) is 11.3 Å². The van der Waals surface area contributed by atoms with Crippen molar-refractivity contribution in [2.75, 3.05) is 0 Å². The standard InChI is InChI=1S/C10H7Cl2FNO3PS/c11-6-2-1-5(3-7(6)12)8-4-19-10(14-8)9(13)17-18(15)16/h1-4,9,18H,(H,15,16). The maximum Gasteiger partial charge on any atom is 0.319 e. The van der Waals surface area contributed by atoms with Gasteiger partial charge in [0.05, 0.1) is 15.7 Å². The highest BCUT2D eigenvalue weighted by atomic mass is 35.5. The van der Waals surface area contributed by atoms with E-state index in [4.69, 9.17) is 28.1 Å². The predicted octanol–water partition coefficient (Wildman–Crippen LogP) is 4.48. The van der Waals surface area contributed by atoms with Crippen LogP contribution in [-0.4, -0.2) is 9.88 Å². The van der Waals surface area contributed by atoms with E-state index < -0.39 is 14.6 Å². The van der Waals surface area contributed by atoms with Gasteiger partial charge in [-0.05, 0) is 12.1 Å². The highest BCUT2D eigenvalue weighted by molar-refractivity contribution is 7.32. The van der Waals surface area contributed by atoms with Gasteiger partial charge >= 0.3 is 8.25 Å². The molecule has 0 amide bonds. The Morgan fingerprint density at radius 3 is 2.79 bits per heavy atom. The second-order valence-electron chi connectivity index (χ2n) is 3.40. The van der Waals surface area contributed by atoms with Crippen molar-refractivity contribution in [1.29, 1.82) is 0 Å². The quantitative estimate of drug-likeness (QED) is 0.832. The SMILES string of the molecule is O=[PH](O)OC(F)c1nc(-c2ccc(Cl)c(Cl)c2)cs1. The summed E-state index contributed by atoms with van der Waals surface area (Å²) in [7, 11) is -3.34. The molecule has 2 rings (SSSR count). The van der Waals surface area contributed by atoms with E-state index in [1.54, 1.807) is 23.6 Å². The number of alkyl halides is 1. The van der Waals surface area contributed by atoms with Gasteiger partial charge in [-0.25, -0.2) is 9.37 Å². The van der Waals surface area contributed by atoms with Crippen LogP contribution in [0.1, 0.15) is 11.4 Å². The van der Waals surface area contributed by atoms with Crippen LogP contribution in [0.5, 0.6) is 0 Å². The smallest absolute Gasteiger partial charge is 0.319 e. The Kier molecular flexibility index (Phi) is 4.95. The van der Waals surface area contributed by atoms with Crippen LogP contribution in [0.15, 0.2) is 23.6 Å². The van der Waals surface area contributed by atoms with Crippen LogP contribution in [0.3, 0.4) is 0 Å². The monoisotopic (exact) mass is 341 g/mol. The third kappa shape index (κ3) is 3.75. The first-order valence-electron chi connectivity index (χ1n) is 4.92. The summed E-state index contributed by atoms with van der Waals surface area (Å²) in [6, 6.07) is 4.90. The number of benzene rings is 1. The lowest BCUT2D eigenvalue weighted by Gasteiger charge is -2.02. The third-order valence-corrected chi connectivity index (χ3v) is 4.14. The van der Waals surface area contributed by atoms with E-state index in [2.05, 4.69) is 9.51 Å². The summed E-state index contributed by atoms with van der Waals surface area (Å²) < 4.78 is 28.0. The number of thiazole rings is 1. The van der Waals surface area contributed by atoms with Crippen molar-refractivity contribution in [3.8, 4) is 11.3 Å². The molecule has 0 aliphatic heterocycles. The maximum absolute atomic E-state index is 13.4. The van der Waals surface area contributed by atoms with Crippen LogP contribution in [0.4, 0.5) is 4.39 Å². The molecular formula is C10H7Cl2FNO3PS. The summed E-state index contributed by atoms with van der Waals surface area (Å²) in [5.41, 5.74) is 1.16. The average Bonchev–Trinajstić information content (AvgIpc) is 2.81. The Labute approximate surface area is 122 Å². The number of aromatic nitrogens is 1. The molecule has 1 aromatic heterocycles. The van der Waals surface area contributed by atoms with E-state index in [1.807, 2.05) is 0 Å². The molecular weight excluding hydrogens is 335 g/mol. The molecule has 0 aliphatic carbocycles. The molecule has 4 nitrogen and oxygen atoms in total. The average molecular weight is 342 g/mol. The Morgan fingerprint density at radius 2 is 2.16 bits per heavy atom. The fraction of sp³-hybridized carbons (Fsp3) is 0.100. The molecule has 2 atom stereocenters. The number of hydrogen-bond acceptors (Lipinski definition) is 4. The molecule has 1 N–H and O–H groups in total. The van der Waals surface area contributed by atoms with Crippen molar-refractivity contribution >= 4 is 42.8 Å². The predicted molar refractivity (Wildman–Crippen MR) is 73.7 cm³/mol. The summed E-state index contributed by atoms with van der Waals surface area (Å²) in [5, 5.41) is 2.33. The number of hydrogen-bond donors (Lipinski definition) is 1. The maximum atomic E-state index is 13.4. The van der Waals surface area contributed by atoms with Gasteiger partial charge < -0.3 is 4.89 Å². The molecule has 0 bridgehead atoms. The molecule has 1 aromatic carbocycles. The van der Waals surface area contributed by atoms with Gasteiger partial charge in [0.25, 0.3) is 6.36 Å². The molecule has 1 heterocycles. The van der Waals surface area contributed by atoms with Crippen molar-refractivity contribution in [1.82, 2.24) is 4.98 Å². The molecule has 0 spiro atoms. The Bertz CT molecular complexity index is 625. The highest BCUT2D eigenvalue weighted by Gasteiger charge is 2.17. The first-order chi connectivity index (χ1) is 8.97. The largest absolute Gasteiger partial charge is 0.326 e. The Balaban J connectivity index is 2.25. The number of halogens is 3. The lowest BCUT2D eigenvalue weighted by Crippen LogP contribution is -1.91. The van der Waals surface area contributed by atoms with Gasteiger partial charge in [-0.2, -0.15) is 0 Å². The Morgan fingerprint density at radius 1 is 1.42 bits per heavy atom. The second kappa shape index (κ2) is 6.31. The summed E-state index contributed by atoms with van der Waals surface area (Å²) in [6.07, 6.45) is -2.02. The van der Waals surface area contributed by atoms with Crippen LogP contribution >= 0.6 is 42.8 Å². The number of nitrogens with zero attached hydrogens (tertiary/aromatic N) is 1. The topological polar surface area (TPSA) is 59.4 Å². The fourth-order valence-corrected chi connectivity index (χ4v) is 2.72.